The third kappa shape index (κ3) is 3.12. The summed E-state index contributed by atoms with van der Waals surface area (Å²) in [5.41, 5.74) is 5.58. The molecule has 0 fully saturated rings. The molecule has 0 spiro atoms. The molecule has 1 amide bonds. The first-order chi connectivity index (χ1) is 15.3. The van der Waals surface area contributed by atoms with Gasteiger partial charge in [-0.15, -0.1) is 0 Å². The predicted octanol–water partition coefficient (Wildman–Crippen LogP) is 4.72. The van der Waals surface area contributed by atoms with E-state index in [1.54, 1.807) is 30.9 Å². The molecule has 7 heteroatoms. The van der Waals surface area contributed by atoms with E-state index in [1.807, 2.05) is 71.3 Å². The lowest BCUT2D eigenvalue weighted by Gasteiger charge is -2.24. The van der Waals surface area contributed by atoms with Crippen LogP contribution in [-0.2, 0) is 4.79 Å². The van der Waals surface area contributed by atoms with Crippen molar-refractivity contribution in [3.05, 3.63) is 85.6 Å². The number of amides is 1. The van der Waals surface area contributed by atoms with Crippen LogP contribution in [0.3, 0.4) is 0 Å². The number of carbonyl (C=O) groups excluding carboxylic acids is 1. The first-order valence-electron chi connectivity index (χ1n) is 9.73. The second-order valence-corrected chi connectivity index (χ2v) is 6.89. The lowest BCUT2D eigenvalue weighted by molar-refractivity contribution is -0.106. The minimum absolute atomic E-state index is 0.638. The fraction of sp³-hybridized carbons (Fsp3) is 0.0417. The van der Waals surface area contributed by atoms with Gasteiger partial charge in [0.15, 0.2) is 0 Å². The molecule has 5 rings (SSSR count). The van der Waals surface area contributed by atoms with E-state index < -0.39 is 0 Å². The summed E-state index contributed by atoms with van der Waals surface area (Å²) >= 11 is 0. The number of H-pyrrole nitrogens is 1. The van der Waals surface area contributed by atoms with Crippen molar-refractivity contribution < 1.29 is 9.53 Å². The molecule has 0 aliphatic rings. The van der Waals surface area contributed by atoms with Crippen molar-refractivity contribution in [2.75, 3.05) is 12.0 Å². The maximum atomic E-state index is 12.4. The molecule has 5 aromatic rings. The van der Waals surface area contributed by atoms with E-state index in [0.29, 0.717) is 11.4 Å². The Morgan fingerprint density at radius 1 is 1.00 bits per heavy atom. The zero-order chi connectivity index (χ0) is 21.2. The van der Waals surface area contributed by atoms with Crippen molar-refractivity contribution in [3.8, 4) is 22.7 Å². The van der Waals surface area contributed by atoms with E-state index in [4.69, 9.17) is 4.74 Å². The number of hydrogen-bond acceptors (Lipinski definition) is 4. The average molecular weight is 409 g/mol. The molecule has 0 unspecified atom stereocenters. The maximum absolute atomic E-state index is 12.4. The van der Waals surface area contributed by atoms with Crippen LogP contribution < -0.4 is 9.64 Å². The fourth-order valence-electron chi connectivity index (χ4n) is 3.82. The molecular formula is C24H19N5O2. The number of anilines is 2. The summed E-state index contributed by atoms with van der Waals surface area (Å²) in [6, 6.07) is 21.2. The third-order valence-corrected chi connectivity index (χ3v) is 5.21. The Hall–Kier alpha value is -4.39. The van der Waals surface area contributed by atoms with Gasteiger partial charge in [0.2, 0.25) is 6.41 Å². The normalized spacial score (nSPS) is 10.9. The summed E-state index contributed by atoms with van der Waals surface area (Å²) in [4.78, 5) is 25.8. The molecule has 31 heavy (non-hydrogen) atoms. The zero-order valence-corrected chi connectivity index (χ0v) is 16.8. The van der Waals surface area contributed by atoms with Crippen LogP contribution in [0, 0.1) is 0 Å². The maximum Gasteiger partial charge on any atom is 0.218 e. The van der Waals surface area contributed by atoms with E-state index in [1.165, 1.54) is 0 Å². The van der Waals surface area contributed by atoms with Gasteiger partial charge in [0.05, 0.1) is 59.0 Å². The van der Waals surface area contributed by atoms with Crippen molar-refractivity contribution in [1.29, 1.82) is 0 Å². The molecule has 0 aliphatic carbocycles. The Bertz CT molecular complexity index is 1360. The highest BCUT2D eigenvalue weighted by Gasteiger charge is 2.21. The van der Waals surface area contributed by atoms with Crippen molar-refractivity contribution >= 4 is 28.8 Å². The summed E-state index contributed by atoms with van der Waals surface area (Å²) in [6.07, 6.45) is 5.89. The molecule has 7 nitrogen and oxygen atoms in total. The molecule has 0 saturated carbocycles. The van der Waals surface area contributed by atoms with Gasteiger partial charge in [0.1, 0.15) is 12.1 Å². The number of aromatic nitrogens is 4. The zero-order valence-electron chi connectivity index (χ0n) is 16.8. The quantitative estimate of drug-likeness (QED) is 0.412. The van der Waals surface area contributed by atoms with Crippen molar-refractivity contribution in [2.45, 2.75) is 0 Å². The number of fused-ring (bicyclic) bond motifs is 1. The monoisotopic (exact) mass is 409 g/mol. The van der Waals surface area contributed by atoms with Crippen molar-refractivity contribution in [2.24, 2.45) is 0 Å². The molecule has 2 aromatic heterocycles. The van der Waals surface area contributed by atoms with Crippen LogP contribution in [0.2, 0.25) is 0 Å². The Morgan fingerprint density at radius 3 is 2.61 bits per heavy atom. The highest BCUT2D eigenvalue weighted by Crippen LogP contribution is 2.41. The second-order valence-electron chi connectivity index (χ2n) is 6.89. The van der Waals surface area contributed by atoms with E-state index in [-0.39, 0.29) is 0 Å². The Kier molecular flexibility index (Phi) is 4.68. The van der Waals surface area contributed by atoms with Gasteiger partial charge in [-0.1, -0.05) is 30.3 Å². The van der Waals surface area contributed by atoms with Crippen LogP contribution in [0.15, 0.2) is 85.6 Å². The molecule has 0 radical (unpaired) electrons. The van der Waals surface area contributed by atoms with Gasteiger partial charge >= 0.3 is 0 Å². The summed E-state index contributed by atoms with van der Waals surface area (Å²) < 4.78 is 7.58. The number of para-hydroxylation sites is 4. The highest BCUT2D eigenvalue weighted by molar-refractivity contribution is 5.97. The van der Waals surface area contributed by atoms with Crippen LogP contribution in [0.25, 0.3) is 28.0 Å². The number of benzene rings is 3. The van der Waals surface area contributed by atoms with E-state index in [2.05, 4.69) is 15.0 Å². The van der Waals surface area contributed by atoms with Gasteiger partial charge in [0, 0.05) is 0 Å². The van der Waals surface area contributed by atoms with E-state index in [9.17, 15) is 4.79 Å². The number of methoxy groups -OCH3 is 1. The molecule has 0 atom stereocenters. The van der Waals surface area contributed by atoms with E-state index in [0.717, 1.165) is 40.1 Å². The average Bonchev–Trinajstić information content (AvgIpc) is 3.50. The molecule has 2 heterocycles. The first kappa shape index (κ1) is 18.6. The first-order valence-corrected chi connectivity index (χ1v) is 9.73. The molecule has 0 bridgehead atoms. The van der Waals surface area contributed by atoms with E-state index >= 15 is 0 Å². The largest absolute Gasteiger partial charge is 0.496 e. The lowest BCUT2D eigenvalue weighted by atomic mass is 10.1. The van der Waals surface area contributed by atoms with Gasteiger partial charge in [-0.3, -0.25) is 14.3 Å². The molecule has 152 valence electrons. The number of rotatable bonds is 6. The van der Waals surface area contributed by atoms with Crippen molar-refractivity contribution in [3.63, 3.8) is 0 Å². The molecule has 0 aliphatic heterocycles. The molecule has 0 saturated heterocycles. The van der Waals surface area contributed by atoms with Gasteiger partial charge in [-0.2, -0.15) is 0 Å². The van der Waals surface area contributed by atoms with Crippen LogP contribution in [0.1, 0.15) is 0 Å². The van der Waals surface area contributed by atoms with Crippen LogP contribution in [0.5, 0.6) is 5.75 Å². The number of carbonyl (C=O) groups is 1. The van der Waals surface area contributed by atoms with Crippen molar-refractivity contribution in [1.82, 2.24) is 19.5 Å². The summed E-state index contributed by atoms with van der Waals surface area (Å²) in [7, 11) is 1.61. The molecular weight excluding hydrogens is 390 g/mol. The number of nitrogens with one attached hydrogen (secondary N) is 1. The second kappa shape index (κ2) is 7.79. The number of imidazole rings is 2. The van der Waals surface area contributed by atoms with Crippen LogP contribution >= 0.6 is 0 Å². The lowest BCUT2D eigenvalue weighted by Crippen LogP contribution is -2.17. The Labute approximate surface area is 178 Å². The van der Waals surface area contributed by atoms with Gasteiger partial charge in [0.25, 0.3) is 0 Å². The Balaban J connectivity index is 1.73. The highest BCUT2D eigenvalue weighted by atomic mass is 16.5. The predicted molar refractivity (Wildman–Crippen MR) is 120 cm³/mol. The topological polar surface area (TPSA) is 76.0 Å². The third-order valence-electron chi connectivity index (χ3n) is 5.21. The Morgan fingerprint density at radius 2 is 1.81 bits per heavy atom. The minimum atomic E-state index is 0.638. The number of nitrogens with zero attached hydrogens (tertiary/aromatic N) is 4. The van der Waals surface area contributed by atoms with Gasteiger partial charge < -0.3 is 9.72 Å². The van der Waals surface area contributed by atoms with Gasteiger partial charge in [-0.25, -0.2) is 9.97 Å². The van der Waals surface area contributed by atoms with Crippen LogP contribution in [0.4, 0.5) is 11.4 Å². The summed E-state index contributed by atoms with van der Waals surface area (Å²) in [6.45, 7) is 0. The SMILES string of the molecule is COc1cccc(N(C=O)c2ccccc2-n2cnc3ccccc32)c1-c1cnc[nH]1. The summed E-state index contributed by atoms with van der Waals surface area (Å²) in [5.74, 6) is 0.638. The molecule has 3 aromatic carbocycles. The standard InChI is InChI=1S/C24H19N5O2/c1-31-23-12-6-11-22(24(23)18-13-25-14-26-18)29(16-30)21-10-5-4-9-20(21)28-15-27-17-7-2-3-8-19(17)28/h2-16H,1H3,(H,25,26). The number of hydrogen-bond donors (Lipinski definition) is 1. The summed E-state index contributed by atoms with van der Waals surface area (Å²) in [5, 5.41) is 0. The smallest absolute Gasteiger partial charge is 0.218 e. The number of aromatic amines is 1. The van der Waals surface area contributed by atoms with Crippen LogP contribution in [-0.4, -0.2) is 33.0 Å². The van der Waals surface area contributed by atoms with Gasteiger partial charge in [-0.05, 0) is 36.4 Å². The fourth-order valence-corrected chi connectivity index (χ4v) is 3.82. The minimum Gasteiger partial charge on any atom is -0.496 e. The molecule has 1 N–H and O–H groups in total. The number of ether oxygens (including phenoxy) is 1.